The topological polar surface area (TPSA) is 89.2 Å². The van der Waals surface area contributed by atoms with E-state index in [1.807, 2.05) is 30.3 Å². The third kappa shape index (κ3) is 4.26. The van der Waals surface area contributed by atoms with Crippen molar-refractivity contribution in [1.82, 2.24) is 19.4 Å². The molecule has 3 aromatic rings. The first kappa shape index (κ1) is 19.1. The molecule has 0 atom stereocenters. The van der Waals surface area contributed by atoms with Crippen LogP contribution in [0.1, 0.15) is 25.2 Å². The van der Waals surface area contributed by atoms with Crippen LogP contribution in [0, 0.1) is 0 Å². The fourth-order valence-corrected chi connectivity index (χ4v) is 5.16. The van der Waals surface area contributed by atoms with Crippen LogP contribution in [-0.4, -0.2) is 40.9 Å². The van der Waals surface area contributed by atoms with Crippen molar-refractivity contribution in [3.05, 3.63) is 54.6 Å². The molecular weight excluding hydrogens is 396 g/mol. The average Bonchev–Trinajstić information content (AvgIpc) is 3.23. The molecule has 146 valence electrons. The van der Waals surface area contributed by atoms with E-state index in [-0.39, 0.29) is 4.90 Å². The highest BCUT2D eigenvalue weighted by molar-refractivity contribution is 7.98. The lowest BCUT2D eigenvalue weighted by Crippen LogP contribution is -2.35. The Balaban J connectivity index is 1.39. The second kappa shape index (κ2) is 8.42. The second-order valence-electron chi connectivity index (χ2n) is 6.46. The lowest BCUT2D eigenvalue weighted by molar-refractivity contribution is 0.346. The van der Waals surface area contributed by atoms with E-state index in [4.69, 9.17) is 4.52 Å². The number of rotatable bonds is 6. The van der Waals surface area contributed by atoms with Gasteiger partial charge in [-0.3, -0.25) is 0 Å². The van der Waals surface area contributed by atoms with Crippen LogP contribution in [0.15, 0.2) is 63.1 Å². The van der Waals surface area contributed by atoms with E-state index < -0.39 is 10.0 Å². The summed E-state index contributed by atoms with van der Waals surface area (Å²) in [5.74, 6) is 1.51. The lowest BCUT2D eigenvalue weighted by Gasteiger charge is -2.25. The van der Waals surface area contributed by atoms with Crippen molar-refractivity contribution >= 4 is 21.8 Å². The van der Waals surface area contributed by atoms with E-state index in [1.165, 1.54) is 18.0 Å². The van der Waals surface area contributed by atoms with Crippen molar-refractivity contribution in [3.63, 3.8) is 0 Å². The molecule has 28 heavy (non-hydrogen) atoms. The van der Waals surface area contributed by atoms with E-state index in [9.17, 15) is 8.42 Å². The van der Waals surface area contributed by atoms with Crippen LogP contribution in [0.3, 0.4) is 0 Å². The largest absolute Gasteiger partial charge is 0.338 e. The lowest BCUT2D eigenvalue weighted by atomic mass is 10.2. The molecule has 7 nitrogen and oxygen atoms in total. The summed E-state index contributed by atoms with van der Waals surface area (Å²) in [5, 5.41) is 4.70. The minimum Gasteiger partial charge on any atom is -0.338 e. The molecule has 0 spiro atoms. The summed E-state index contributed by atoms with van der Waals surface area (Å²) in [5.41, 5.74) is 0.896. The third-order valence-corrected chi connectivity index (χ3v) is 7.32. The number of hydrogen-bond donors (Lipinski definition) is 0. The standard InChI is InChI=1S/C19H20N4O3S2/c24-28(25,23-11-5-2-6-12-23)16-9-10-18(20-13-16)27-14-17-21-19(22-26-17)15-7-3-1-4-8-15/h1,3-4,7-10,13H,2,5-6,11-12,14H2. The van der Waals surface area contributed by atoms with Crippen molar-refractivity contribution in [2.75, 3.05) is 13.1 Å². The van der Waals surface area contributed by atoms with Gasteiger partial charge in [0.15, 0.2) is 0 Å². The number of benzene rings is 1. The monoisotopic (exact) mass is 416 g/mol. The number of sulfonamides is 1. The predicted molar refractivity (Wildman–Crippen MR) is 106 cm³/mol. The van der Waals surface area contributed by atoms with Crippen molar-refractivity contribution in [2.24, 2.45) is 0 Å². The minimum atomic E-state index is -3.45. The highest BCUT2D eigenvalue weighted by Gasteiger charge is 2.26. The smallest absolute Gasteiger partial charge is 0.244 e. The normalized spacial score (nSPS) is 15.6. The Labute approximate surface area is 168 Å². The molecule has 1 fully saturated rings. The third-order valence-electron chi connectivity index (χ3n) is 4.51. The fraction of sp³-hybridized carbons (Fsp3) is 0.316. The molecule has 1 aliphatic rings. The van der Waals surface area contributed by atoms with Crippen LogP contribution < -0.4 is 0 Å². The SMILES string of the molecule is O=S(=O)(c1ccc(SCc2nc(-c3ccccc3)no2)nc1)N1CCCCC1. The van der Waals surface area contributed by atoms with Gasteiger partial charge in [-0.2, -0.15) is 9.29 Å². The number of hydrogen-bond acceptors (Lipinski definition) is 7. The molecule has 1 saturated heterocycles. The van der Waals surface area contributed by atoms with Gasteiger partial charge >= 0.3 is 0 Å². The molecule has 3 heterocycles. The first-order valence-electron chi connectivity index (χ1n) is 9.10. The summed E-state index contributed by atoms with van der Waals surface area (Å²) in [6, 6.07) is 12.9. The Morgan fingerprint density at radius 2 is 1.82 bits per heavy atom. The summed E-state index contributed by atoms with van der Waals surface area (Å²) < 4.78 is 32.2. The maximum absolute atomic E-state index is 12.7. The number of thioether (sulfide) groups is 1. The second-order valence-corrected chi connectivity index (χ2v) is 9.40. The van der Waals surface area contributed by atoms with E-state index in [0.29, 0.717) is 35.6 Å². The van der Waals surface area contributed by atoms with E-state index >= 15 is 0 Å². The zero-order chi connectivity index (χ0) is 19.4. The Bertz CT molecular complexity index is 1010. The number of piperidine rings is 1. The molecule has 0 N–H and O–H groups in total. The summed E-state index contributed by atoms with van der Waals surface area (Å²) >= 11 is 1.42. The van der Waals surface area contributed by atoms with Crippen molar-refractivity contribution < 1.29 is 12.9 Å². The molecule has 0 bridgehead atoms. The molecular formula is C19H20N4O3S2. The Morgan fingerprint density at radius 3 is 2.54 bits per heavy atom. The molecule has 9 heteroatoms. The quantitative estimate of drug-likeness (QED) is 0.567. The Morgan fingerprint density at radius 1 is 1.04 bits per heavy atom. The summed E-state index contributed by atoms with van der Waals surface area (Å²) in [7, 11) is -3.45. The summed E-state index contributed by atoms with van der Waals surface area (Å²) in [4.78, 5) is 8.91. The van der Waals surface area contributed by atoms with Crippen LogP contribution in [0.5, 0.6) is 0 Å². The van der Waals surface area contributed by atoms with Gasteiger partial charge in [0.05, 0.1) is 10.8 Å². The summed E-state index contributed by atoms with van der Waals surface area (Å²) in [6.07, 6.45) is 4.34. The highest BCUT2D eigenvalue weighted by atomic mass is 32.2. The van der Waals surface area contributed by atoms with Gasteiger partial charge in [-0.05, 0) is 25.0 Å². The van der Waals surface area contributed by atoms with Crippen molar-refractivity contribution in [1.29, 1.82) is 0 Å². The molecule has 0 amide bonds. The number of aromatic nitrogens is 3. The van der Waals surface area contributed by atoms with Gasteiger partial charge in [0.2, 0.25) is 21.7 Å². The Hall–Kier alpha value is -2.23. The van der Waals surface area contributed by atoms with Gasteiger partial charge in [0.1, 0.15) is 4.90 Å². The van der Waals surface area contributed by atoms with Crippen LogP contribution in [0.2, 0.25) is 0 Å². The first-order chi connectivity index (χ1) is 13.6. The molecule has 1 aliphatic heterocycles. The van der Waals surface area contributed by atoms with Crippen LogP contribution in [0.4, 0.5) is 0 Å². The maximum atomic E-state index is 12.7. The molecule has 0 aliphatic carbocycles. The van der Waals surface area contributed by atoms with Gasteiger partial charge in [0, 0.05) is 24.8 Å². The van der Waals surface area contributed by atoms with Crippen LogP contribution in [0.25, 0.3) is 11.4 Å². The molecule has 1 aromatic carbocycles. The molecule has 4 rings (SSSR count). The van der Waals surface area contributed by atoms with E-state index in [0.717, 1.165) is 24.8 Å². The fourth-order valence-electron chi connectivity index (χ4n) is 3.01. The van der Waals surface area contributed by atoms with E-state index in [1.54, 1.807) is 16.4 Å². The number of pyridine rings is 1. The van der Waals surface area contributed by atoms with Crippen molar-refractivity contribution in [3.8, 4) is 11.4 Å². The summed E-state index contributed by atoms with van der Waals surface area (Å²) in [6.45, 7) is 1.17. The first-order valence-corrected chi connectivity index (χ1v) is 11.5. The highest BCUT2D eigenvalue weighted by Crippen LogP contribution is 2.25. The van der Waals surface area contributed by atoms with Crippen molar-refractivity contribution in [2.45, 2.75) is 34.9 Å². The number of nitrogens with zero attached hydrogens (tertiary/aromatic N) is 4. The van der Waals surface area contributed by atoms with Crippen LogP contribution in [-0.2, 0) is 15.8 Å². The van der Waals surface area contributed by atoms with Gasteiger partial charge in [-0.15, -0.1) is 0 Å². The van der Waals surface area contributed by atoms with E-state index in [2.05, 4.69) is 15.1 Å². The van der Waals surface area contributed by atoms with Gasteiger partial charge in [-0.1, -0.05) is 53.7 Å². The van der Waals surface area contributed by atoms with Gasteiger partial charge < -0.3 is 4.52 Å². The predicted octanol–water partition coefficient (Wildman–Crippen LogP) is 3.60. The average molecular weight is 417 g/mol. The zero-order valence-corrected chi connectivity index (χ0v) is 16.8. The molecule has 0 saturated carbocycles. The molecule has 0 unspecified atom stereocenters. The Kier molecular flexibility index (Phi) is 5.74. The van der Waals surface area contributed by atoms with Gasteiger partial charge in [-0.25, -0.2) is 13.4 Å². The zero-order valence-electron chi connectivity index (χ0n) is 15.2. The molecule has 2 aromatic heterocycles. The molecule has 0 radical (unpaired) electrons. The van der Waals surface area contributed by atoms with Gasteiger partial charge in [0.25, 0.3) is 0 Å². The maximum Gasteiger partial charge on any atom is 0.244 e. The van der Waals surface area contributed by atoms with Crippen LogP contribution >= 0.6 is 11.8 Å². The minimum absolute atomic E-state index is 0.239.